The Morgan fingerprint density at radius 1 is 1.14 bits per heavy atom. The van der Waals surface area contributed by atoms with Gasteiger partial charge in [-0.2, -0.15) is 5.10 Å². The molecule has 3 nitrogen and oxygen atoms in total. The Hall–Kier alpha value is -1.61. The second-order valence-electron chi connectivity index (χ2n) is 6.46. The lowest BCUT2D eigenvalue weighted by Crippen LogP contribution is -2.35. The minimum Gasteiger partial charge on any atom is -0.310 e. The molecule has 0 bridgehead atoms. The van der Waals surface area contributed by atoms with Gasteiger partial charge in [0.2, 0.25) is 0 Å². The number of hydrogen-bond donors (Lipinski definition) is 1. The molecule has 1 aliphatic rings. The summed E-state index contributed by atoms with van der Waals surface area (Å²) in [7, 11) is 0. The summed E-state index contributed by atoms with van der Waals surface area (Å²) in [5.41, 5.74) is 2.46. The number of nitrogens with one attached hydrogen (secondary N) is 1. The van der Waals surface area contributed by atoms with Gasteiger partial charge in [0, 0.05) is 25.0 Å². The van der Waals surface area contributed by atoms with Crippen molar-refractivity contribution in [1.82, 2.24) is 15.1 Å². The minimum atomic E-state index is 0.682. The van der Waals surface area contributed by atoms with Crippen LogP contribution >= 0.6 is 0 Å². The lowest BCUT2D eigenvalue weighted by Gasteiger charge is -2.32. The van der Waals surface area contributed by atoms with Gasteiger partial charge in [-0.1, -0.05) is 26.0 Å². The molecule has 1 aromatic heterocycles. The molecule has 1 saturated carbocycles. The highest BCUT2D eigenvalue weighted by Crippen LogP contribution is 2.29. The van der Waals surface area contributed by atoms with E-state index < -0.39 is 0 Å². The SMILES string of the molecule is CC1CCC(NCc2ccc(-n3cccn3)cc2)CC1C. The van der Waals surface area contributed by atoms with E-state index in [2.05, 4.69) is 48.5 Å². The molecule has 3 heteroatoms. The molecule has 1 aromatic carbocycles. The molecule has 2 aromatic rings. The van der Waals surface area contributed by atoms with Crippen molar-refractivity contribution in [3.8, 4) is 5.69 Å². The van der Waals surface area contributed by atoms with Gasteiger partial charge in [-0.05, 0) is 54.9 Å². The van der Waals surface area contributed by atoms with Crippen molar-refractivity contribution in [2.45, 2.75) is 45.7 Å². The third-order valence-electron chi connectivity index (χ3n) is 4.90. The number of benzene rings is 1. The molecule has 0 amide bonds. The van der Waals surface area contributed by atoms with E-state index in [1.54, 1.807) is 6.20 Å². The third kappa shape index (κ3) is 3.53. The van der Waals surface area contributed by atoms with Crippen molar-refractivity contribution in [2.75, 3.05) is 0 Å². The fourth-order valence-electron chi connectivity index (χ4n) is 3.18. The molecule has 112 valence electrons. The first-order valence-electron chi connectivity index (χ1n) is 8.04. The maximum absolute atomic E-state index is 4.25. The van der Waals surface area contributed by atoms with E-state index in [9.17, 15) is 0 Å². The predicted molar refractivity (Wildman–Crippen MR) is 86.4 cm³/mol. The van der Waals surface area contributed by atoms with Crippen molar-refractivity contribution >= 4 is 0 Å². The zero-order chi connectivity index (χ0) is 14.7. The van der Waals surface area contributed by atoms with E-state index in [1.165, 1.54) is 24.8 Å². The highest BCUT2D eigenvalue weighted by Gasteiger charge is 2.23. The molecule has 1 N–H and O–H groups in total. The first kappa shape index (κ1) is 14.3. The average molecular weight is 283 g/mol. The molecular formula is C18H25N3. The van der Waals surface area contributed by atoms with Gasteiger partial charge in [0.25, 0.3) is 0 Å². The van der Waals surface area contributed by atoms with Gasteiger partial charge >= 0.3 is 0 Å². The van der Waals surface area contributed by atoms with Crippen LogP contribution < -0.4 is 5.32 Å². The van der Waals surface area contributed by atoms with E-state index in [0.29, 0.717) is 6.04 Å². The zero-order valence-electron chi connectivity index (χ0n) is 13.0. The molecular weight excluding hydrogens is 258 g/mol. The highest BCUT2D eigenvalue weighted by molar-refractivity contribution is 5.33. The standard InChI is InChI=1S/C18H25N3/c1-14-4-7-17(12-15(14)2)19-13-16-5-8-18(9-6-16)21-11-3-10-20-21/h3,5-6,8-11,14-15,17,19H,4,7,12-13H2,1-2H3. The fraction of sp³-hybridized carbons (Fsp3) is 0.500. The van der Waals surface area contributed by atoms with Crippen LogP contribution in [0.2, 0.25) is 0 Å². The first-order valence-corrected chi connectivity index (χ1v) is 8.04. The Bertz CT molecular complexity index is 544. The van der Waals surface area contributed by atoms with Gasteiger partial charge in [0.1, 0.15) is 0 Å². The Labute approximate surface area is 127 Å². The van der Waals surface area contributed by atoms with Crippen LogP contribution in [0.5, 0.6) is 0 Å². The molecule has 0 radical (unpaired) electrons. The average Bonchev–Trinajstić information content (AvgIpc) is 3.03. The van der Waals surface area contributed by atoms with Crippen LogP contribution in [0.15, 0.2) is 42.7 Å². The fourth-order valence-corrected chi connectivity index (χ4v) is 3.18. The molecule has 3 unspecified atom stereocenters. The Morgan fingerprint density at radius 3 is 2.62 bits per heavy atom. The maximum atomic E-state index is 4.25. The number of nitrogens with zero attached hydrogens (tertiary/aromatic N) is 2. The summed E-state index contributed by atoms with van der Waals surface area (Å²) in [5, 5.41) is 7.97. The van der Waals surface area contributed by atoms with Crippen LogP contribution in [0, 0.1) is 11.8 Å². The largest absolute Gasteiger partial charge is 0.310 e. The van der Waals surface area contributed by atoms with Crippen molar-refractivity contribution in [1.29, 1.82) is 0 Å². The summed E-state index contributed by atoms with van der Waals surface area (Å²) in [6.45, 7) is 5.73. The summed E-state index contributed by atoms with van der Waals surface area (Å²) < 4.78 is 1.89. The maximum Gasteiger partial charge on any atom is 0.0645 e. The van der Waals surface area contributed by atoms with Crippen molar-refractivity contribution in [3.05, 3.63) is 48.3 Å². The normalized spacial score (nSPS) is 25.9. The summed E-state index contributed by atoms with van der Waals surface area (Å²) in [5.74, 6) is 1.73. The molecule has 1 fully saturated rings. The number of rotatable bonds is 4. The van der Waals surface area contributed by atoms with E-state index in [1.807, 2.05) is 16.9 Å². The van der Waals surface area contributed by atoms with Gasteiger partial charge in [0.15, 0.2) is 0 Å². The summed E-state index contributed by atoms with van der Waals surface area (Å²) in [6, 6.07) is 11.3. The summed E-state index contributed by atoms with van der Waals surface area (Å²) in [4.78, 5) is 0. The van der Waals surface area contributed by atoms with Crippen molar-refractivity contribution in [3.63, 3.8) is 0 Å². The second kappa shape index (κ2) is 6.44. The molecule has 1 heterocycles. The summed E-state index contributed by atoms with van der Waals surface area (Å²) in [6.07, 6.45) is 7.76. The Balaban J connectivity index is 1.54. The number of hydrogen-bond acceptors (Lipinski definition) is 2. The molecule has 0 saturated heterocycles. The van der Waals surface area contributed by atoms with Gasteiger partial charge in [-0.25, -0.2) is 4.68 Å². The Kier molecular flexibility index (Phi) is 4.39. The van der Waals surface area contributed by atoms with Gasteiger partial charge in [-0.3, -0.25) is 0 Å². The van der Waals surface area contributed by atoms with Crippen LogP contribution in [0.25, 0.3) is 5.69 Å². The lowest BCUT2D eigenvalue weighted by atomic mass is 9.79. The lowest BCUT2D eigenvalue weighted by molar-refractivity contribution is 0.225. The smallest absolute Gasteiger partial charge is 0.0645 e. The number of aromatic nitrogens is 2. The zero-order valence-corrected chi connectivity index (χ0v) is 13.0. The topological polar surface area (TPSA) is 29.9 Å². The minimum absolute atomic E-state index is 0.682. The quantitative estimate of drug-likeness (QED) is 0.925. The third-order valence-corrected chi connectivity index (χ3v) is 4.90. The van der Waals surface area contributed by atoms with Crippen LogP contribution in [0.3, 0.4) is 0 Å². The summed E-state index contributed by atoms with van der Waals surface area (Å²) >= 11 is 0. The molecule has 21 heavy (non-hydrogen) atoms. The monoisotopic (exact) mass is 283 g/mol. The second-order valence-corrected chi connectivity index (χ2v) is 6.46. The van der Waals surface area contributed by atoms with Gasteiger partial charge in [-0.15, -0.1) is 0 Å². The molecule has 1 aliphatic carbocycles. The van der Waals surface area contributed by atoms with Crippen LogP contribution in [0.1, 0.15) is 38.7 Å². The van der Waals surface area contributed by atoms with E-state index in [-0.39, 0.29) is 0 Å². The molecule has 3 atom stereocenters. The van der Waals surface area contributed by atoms with Gasteiger partial charge < -0.3 is 5.32 Å². The Morgan fingerprint density at radius 2 is 1.95 bits per heavy atom. The van der Waals surface area contributed by atoms with Crippen LogP contribution in [-0.4, -0.2) is 15.8 Å². The van der Waals surface area contributed by atoms with E-state index in [0.717, 1.165) is 24.1 Å². The van der Waals surface area contributed by atoms with E-state index >= 15 is 0 Å². The van der Waals surface area contributed by atoms with Gasteiger partial charge in [0.05, 0.1) is 5.69 Å². The molecule has 0 aliphatic heterocycles. The highest BCUT2D eigenvalue weighted by atomic mass is 15.3. The van der Waals surface area contributed by atoms with Crippen LogP contribution in [0.4, 0.5) is 0 Å². The van der Waals surface area contributed by atoms with Crippen molar-refractivity contribution < 1.29 is 0 Å². The molecule has 3 rings (SSSR count). The van der Waals surface area contributed by atoms with E-state index in [4.69, 9.17) is 0 Å². The van der Waals surface area contributed by atoms with Crippen molar-refractivity contribution in [2.24, 2.45) is 11.8 Å². The molecule has 0 spiro atoms. The predicted octanol–water partition coefficient (Wildman–Crippen LogP) is 3.79. The first-order chi connectivity index (χ1) is 10.2. The van der Waals surface area contributed by atoms with Crippen LogP contribution in [-0.2, 0) is 6.54 Å².